The van der Waals surface area contributed by atoms with E-state index in [-0.39, 0.29) is 5.91 Å². The Balaban J connectivity index is 2.11. The van der Waals surface area contributed by atoms with Crippen molar-refractivity contribution in [2.24, 2.45) is 11.8 Å². The second-order valence-electron chi connectivity index (χ2n) is 6.11. The van der Waals surface area contributed by atoms with Gasteiger partial charge in [-0.05, 0) is 36.5 Å². The normalized spacial score (nSPS) is 25.4. The molecule has 2 N–H and O–H groups in total. The van der Waals surface area contributed by atoms with Crippen LogP contribution in [0.15, 0.2) is 18.2 Å². The van der Waals surface area contributed by atoms with Crippen LogP contribution in [0.4, 0.5) is 11.4 Å². The highest BCUT2D eigenvalue weighted by molar-refractivity contribution is 6.33. The van der Waals surface area contributed by atoms with Crippen molar-refractivity contribution in [3.63, 3.8) is 0 Å². The maximum atomic E-state index is 11.5. The second kappa shape index (κ2) is 7.17. The van der Waals surface area contributed by atoms with Gasteiger partial charge in [0.05, 0.1) is 10.7 Å². The van der Waals surface area contributed by atoms with Crippen LogP contribution >= 0.6 is 11.6 Å². The first-order valence-electron chi connectivity index (χ1n) is 7.87. The Kier molecular flexibility index (Phi) is 5.51. The summed E-state index contributed by atoms with van der Waals surface area (Å²) >= 11 is 6.29. The molecule has 1 aromatic rings. The quantitative estimate of drug-likeness (QED) is 0.828. The maximum absolute atomic E-state index is 11.5. The summed E-state index contributed by atoms with van der Waals surface area (Å²) in [6.45, 7) is 6.46. The van der Waals surface area contributed by atoms with E-state index in [0.29, 0.717) is 23.4 Å². The van der Waals surface area contributed by atoms with Gasteiger partial charge in [-0.2, -0.15) is 0 Å². The van der Waals surface area contributed by atoms with Gasteiger partial charge >= 0.3 is 0 Å². The Bertz CT molecular complexity index is 504. The molecule has 0 bridgehead atoms. The van der Waals surface area contributed by atoms with Crippen molar-refractivity contribution in [1.29, 1.82) is 0 Å². The minimum atomic E-state index is 0.0166. The maximum Gasteiger partial charge on any atom is 0.224 e. The summed E-state index contributed by atoms with van der Waals surface area (Å²) in [6.07, 6.45) is 4.21. The van der Waals surface area contributed by atoms with E-state index in [4.69, 9.17) is 11.6 Å². The Morgan fingerprint density at radius 2 is 2.10 bits per heavy atom. The number of amides is 1. The number of carbonyl (C=O) groups is 1. The monoisotopic (exact) mass is 308 g/mol. The molecule has 3 unspecified atom stereocenters. The second-order valence-corrected chi connectivity index (χ2v) is 6.52. The molecule has 0 heterocycles. The van der Waals surface area contributed by atoms with E-state index in [1.807, 2.05) is 25.1 Å². The molecule has 0 radical (unpaired) electrons. The zero-order valence-electron chi connectivity index (χ0n) is 13.1. The van der Waals surface area contributed by atoms with E-state index in [2.05, 4.69) is 24.5 Å². The molecule has 4 heteroatoms. The largest absolute Gasteiger partial charge is 0.381 e. The van der Waals surface area contributed by atoms with Gasteiger partial charge in [0.25, 0.3) is 0 Å². The number of benzene rings is 1. The van der Waals surface area contributed by atoms with E-state index >= 15 is 0 Å². The number of nitrogens with one attached hydrogen (secondary N) is 2. The summed E-state index contributed by atoms with van der Waals surface area (Å²) in [6, 6.07) is 6.06. The Hall–Kier alpha value is -1.22. The summed E-state index contributed by atoms with van der Waals surface area (Å²) < 4.78 is 0. The van der Waals surface area contributed by atoms with Crippen molar-refractivity contribution < 1.29 is 4.79 Å². The van der Waals surface area contributed by atoms with Gasteiger partial charge in [-0.1, -0.05) is 45.2 Å². The van der Waals surface area contributed by atoms with Crippen LogP contribution in [-0.2, 0) is 4.79 Å². The fourth-order valence-corrected chi connectivity index (χ4v) is 3.12. The van der Waals surface area contributed by atoms with Gasteiger partial charge in [-0.25, -0.2) is 0 Å². The van der Waals surface area contributed by atoms with Crippen molar-refractivity contribution in [2.75, 3.05) is 10.6 Å². The van der Waals surface area contributed by atoms with Crippen LogP contribution in [0.25, 0.3) is 0 Å². The molecular weight excluding hydrogens is 284 g/mol. The first-order chi connectivity index (χ1) is 10.0. The van der Waals surface area contributed by atoms with Gasteiger partial charge < -0.3 is 10.6 Å². The Morgan fingerprint density at radius 3 is 2.81 bits per heavy atom. The molecule has 0 aromatic heterocycles. The SMILES string of the molecule is CCC(=O)Nc1ccc(Cl)c(NC2CCCC(C)C2C)c1. The van der Waals surface area contributed by atoms with Gasteiger partial charge in [0, 0.05) is 18.2 Å². The van der Waals surface area contributed by atoms with Crippen LogP contribution in [0.2, 0.25) is 5.02 Å². The molecule has 1 saturated carbocycles. The number of carbonyl (C=O) groups excluding carboxylic acids is 1. The number of rotatable bonds is 4. The summed E-state index contributed by atoms with van der Waals surface area (Å²) in [5.41, 5.74) is 1.71. The average Bonchev–Trinajstić information content (AvgIpc) is 2.47. The minimum absolute atomic E-state index is 0.0166. The van der Waals surface area contributed by atoms with E-state index in [9.17, 15) is 4.79 Å². The molecule has 0 aliphatic heterocycles. The smallest absolute Gasteiger partial charge is 0.224 e. The summed E-state index contributed by atoms with van der Waals surface area (Å²) in [5, 5.41) is 7.16. The van der Waals surface area contributed by atoms with Crippen LogP contribution < -0.4 is 10.6 Å². The van der Waals surface area contributed by atoms with Gasteiger partial charge in [0.1, 0.15) is 0 Å². The summed E-state index contributed by atoms with van der Waals surface area (Å²) in [5.74, 6) is 1.38. The molecule has 1 aliphatic carbocycles. The molecule has 0 saturated heterocycles. The molecule has 3 atom stereocenters. The average molecular weight is 309 g/mol. The molecule has 3 nitrogen and oxygen atoms in total. The highest BCUT2D eigenvalue weighted by Crippen LogP contribution is 2.34. The standard InChI is InChI=1S/C17H25ClN2O/c1-4-17(21)19-13-8-9-14(18)16(10-13)20-15-7-5-6-11(2)12(15)3/h8-12,15,20H,4-7H2,1-3H3,(H,19,21). The number of anilines is 2. The highest BCUT2D eigenvalue weighted by Gasteiger charge is 2.27. The molecule has 2 rings (SSSR count). The van der Waals surface area contributed by atoms with Crippen LogP contribution in [0.5, 0.6) is 0 Å². The topological polar surface area (TPSA) is 41.1 Å². The molecule has 116 valence electrons. The van der Waals surface area contributed by atoms with Crippen LogP contribution in [0.1, 0.15) is 46.5 Å². The Labute approximate surface area is 132 Å². The summed E-state index contributed by atoms with van der Waals surface area (Å²) in [4.78, 5) is 11.5. The van der Waals surface area contributed by atoms with Crippen molar-refractivity contribution in [3.8, 4) is 0 Å². The van der Waals surface area contributed by atoms with Crippen LogP contribution in [0, 0.1) is 11.8 Å². The summed E-state index contributed by atoms with van der Waals surface area (Å²) in [7, 11) is 0. The lowest BCUT2D eigenvalue weighted by molar-refractivity contribution is -0.115. The first kappa shape index (κ1) is 16.2. The van der Waals surface area contributed by atoms with Crippen molar-refractivity contribution >= 4 is 28.9 Å². The van der Waals surface area contributed by atoms with E-state index < -0.39 is 0 Å². The van der Waals surface area contributed by atoms with Crippen LogP contribution in [0.3, 0.4) is 0 Å². The first-order valence-corrected chi connectivity index (χ1v) is 8.25. The van der Waals surface area contributed by atoms with Gasteiger partial charge in [-0.3, -0.25) is 4.79 Å². The lowest BCUT2D eigenvalue weighted by Gasteiger charge is -2.35. The lowest BCUT2D eigenvalue weighted by atomic mass is 9.78. The zero-order chi connectivity index (χ0) is 15.4. The third kappa shape index (κ3) is 4.13. The molecule has 1 amide bonds. The van der Waals surface area contributed by atoms with E-state index in [0.717, 1.165) is 17.3 Å². The molecule has 1 fully saturated rings. The third-order valence-corrected chi connectivity index (χ3v) is 4.95. The van der Waals surface area contributed by atoms with Crippen LogP contribution in [-0.4, -0.2) is 11.9 Å². The molecular formula is C17H25ClN2O. The molecule has 21 heavy (non-hydrogen) atoms. The van der Waals surface area contributed by atoms with E-state index in [1.165, 1.54) is 19.3 Å². The fourth-order valence-electron chi connectivity index (χ4n) is 2.95. The molecule has 0 spiro atoms. The zero-order valence-corrected chi connectivity index (χ0v) is 13.8. The number of hydrogen-bond donors (Lipinski definition) is 2. The van der Waals surface area contributed by atoms with E-state index in [1.54, 1.807) is 0 Å². The minimum Gasteiger partial charge on any atom is -0.381 e. The third-order valence-electron chi connectivity index (χ3n) is 4.62. The Morgan fingerprint density at radius 1 is 1.33 bits per heavy atom. The predicted octanol–water partition coefficient (Wildman–Crippen LogP) is 4.93. The number of hydrogen-bond acceptors (Lipinski definition) is 2. The molecule has 1 aliphatic rings. The van der Waals surface area contributed by atoms with Crippen molar-refractivity contribution in [3.05, 3.63) is 23.2 Å². The number of halogens is 1. The predicted molar refractivity (Wildman–Crippen MR) is 90.0 cm³/mol. The van der Waals surface area contributed by atoms with Gasteiger partial charge in [0.15, 0.2) is 0 Å². The van der Waals surface area contributed by atoms with Crippen molar-refractivity contribution in [2.45, 2.75) is 52.5 Å². The van der Waals surface area contributed by atoms with Crippen molar-refractivity contribution in [1.82, 2.24) is 0 Å². The molecule has 1 aromatic carbocycles. The lowest BCUT2D eigenvalue weighted by Crippen LogP contribution is -2.35. The fraction of sp³-hybridized carbons (Fsp3) is 0.588. The van der Waals surface area contributed by atoms with Gasteiger partial charge in [-0.15, -0.1) is 0 Å². The van der Waals surface area contributed by atoms with Gasteiger partial charge in [0.2, 0.25) is 5.91 Å². The highest BCUT2D eigenvalue weighted by atomic mass is 35.5.